The Labute approximate surface area is 178 Å². The fourth-order valence-corrected chi connectivity index (χ4v) is 4.49. The molecule has 3 aromatic heterocycles. The van der Waals surface area contributed by atoms with Crippen LogP contribution in [-0.2, 0) is 0 Å². The van der Waals surface area contributed by atoms with E-state index in [1.807, 2.05) is 30.6 Å². The van der Waals surface area contributed by atoms with Gasteiger partial charge in [0.2, 0.25) is 0 Å². The molecule has 5 heteroatoms. The lowest BCUT2D eigenvalue weighted by atomic mass is 10.00. The van der Waals surface area contributed by atoms with E-state index in [0.29, 0.717) is 5.56 Å². The zero-order valence-electron chi connectivity index (χ0n) is 16.3. The van der Waals surface area contributed by atoms with E-state index in [9.17, 15) is 5.26 Å². The number of thiophene rings is 1. The molecule has 0 radical (unpaired) electrons. The van der Waals surface area contributed by atoms with E-state index in [2.05, 4.69) is 70.1 Å². The maximum Gasteiger partial charge on any atom is 0.103 e. The molecule has 0 aliphatic carbocycles. The highest BCUT2D eigenvalue weighted by Crippen LogP contribution is 2.36. The van der Waals surface area contributed by atoms with Gasteiger partial charge in [0.1, 0.15) is 6.07 Å². The first kappa shape index (κ1) is 18.2. The van der Waals surface area contributed by atoms with Crippen molar-refractivity contribution in [3.8, 4) is 27.6 Å². The van der Waals surface area contributed by atoms with Crippen molar-refractivity contribution in [2.75, 3.05) is 5.32 Å². The van der Waals surface area contributed by atoms with Gasteiger partial charge in [-0.1, -0.05) is 18.2 Å². The average Bonchev–Trinajstić information content (AvgIpc) is 3.42. The monoisotopic (exact) mass is 406 g/mol. The van der Waals surface area contributed by atoms with Crippen LogP contribution in [0.2, 0.25) is 0 Å². The number of rotatable bonds is 4. The first-order chi connectivity index (χ1) is 14.7. The Bertz CT molecular complexity index is 1400. The second-order valence-corrected chi connectivity index (χ2v) is 8.11. The number of aryl methyl sites for hydroxylation is 1. The number of nitriles is 1. The molecule has 30 heavy (non-hydrogen) atoms. The average molecular weight is 407 g/mol. The summed E-state index contributed by atoms with van der Waals surface area (Å²) in [6.45, 7) is 2.10. The summed E-state index contributed by atoms with van der Waals surface area (Å²) in [6.07, 6.45) is 5.34. The van der Waals surface area contributed by atoms with Crippen LogP contribution in [0.25, 0.3) is 32.5 Å². The van der Waals surface area contributed by atoms with E-state index in [0.717, 1.165) is 39.0 Å². The van der Waals surface area contributed by atoms with Crippen LogP contribution < -0.4 is 5.32 Å². The van der Waals surface area contributed by atoms with Crippen LogP contribution in [0, 0.1) is 18.3 Å². The molecule has 0 unspecified atom stereocenters. The van der Waals surface area contributed by atoms with E-state index in [1.165, 1.54) is 10.4 Å². The minimum atomic E-state index is 0.513. The molecule has 5 rings (SSSR count). The number of aromatic nitrogens is 2. The summed E-state index contributed by atoms with van der Waals surface area (Å²) in [5, 5.41) is 16.4. The van der Waals surface area contributed by atoms with Gasteiger partial charge in [0.25, 0.3) is 0 Å². The highest BCUT2D eigenvalue weighted by molar-refractivity contribution is 7.13. The Kier molecular flexibility index (Phi) is 4.55. The van der Waals surface area contributed by atoms with E-state index in [-0.39, 0.29) is 0 Å². The van der Waals surface area contributed by atoms with Crippen LogP contribution in [0.1, 0.15) is 11.1 Å². The van der Waals surface area contributed by atoms with E-state index >= 15 is 0 Å². The third kappa shape index (κ3) is 3.34. The Morgan fingerprint density at radius 3 is 2.77 bits per heavy atom. The smallest absolute Gasteiger partial charge is 0.103 e. The minimum absolute atomic E-state index is 0.513. The molecule has 0 spiro atoms. The molecule has 0 amide bonds. The molecule has 0 atom stereocenters. The third-order valence-electron chi connectivity index (χ3n) is 5.08. The number of anilines is 2. The first-order valence-electron chi connectivity index (χ1n) is 9.59. The van der Waals surface area contributed by atoms with Crippen molar-refractivity contribution in [1.29, 1.82) is 5.26 Å². The molecule has 2 aromatic carbocycles. The van der Waals surface area contributed by atoms with Crippen molar-refractivity contribution in [2.24, 2.45) is 0 Å². The molecule has 3 heterocycles. The van der Waals surface area contributed by atoms with Crippen LogP contribution in [-0.4, -0.2) is 9.97 Å². The molecule has 0 fully saturated rings. The Morgan fingerprint density at radius 1 is 1.03 bits per heavy atom. The zero-order chi connectivity index (χ0) is 20.5. The number of hydrogen-bond donors (Lipinski definition) is 2. The Balaban J connectivity index is 1.60. The lowest BCUT2D eigenvalue weighted by Crippen LogP contribution is -1.98. The van der Waals surface area contributed by atoms with Gasteiger partial charge in [0, 0.05) is 45.6 Å². The normalized spacial score (nSPS) is 10.8. The summed E-state index contributed by atoms with van der Waals surface area (Å²) in [6, 6.07) is 21.0. The highest BCUT2D eigenvalue weighted by atomic mass is 32.1. The standard InChI is InChI=1S/C25H18N4S/c1-16-9-24(30-15-16)19-4-2-3-17(10-19)22-14-27-13-20(12-26)25(22)29-21-5-6-23-18(11-21)7-8-28-23/h2-11,13-15,28H,1H3,(H,27,29). The molecule has 0 bridgehead atoms. The lowest BCUT2D eigenvalue weighted by molar-refractivity contribution is 1.30. The van der Waals surface area contributed by atoms with Crippen LogP contribution in [0.4, 0.5) is 11.4 Å². The van der Waals surface area contributed by atoms with Crippen LogP contribution >= 0.6 is 11.3 Å². The second-order valence-electron chi connectivity index (χ2n) is 7.20. The molecule has 4 nitrogen and oxygen atoms in total. The van der Waals surface area contributed by atoms with Crippen molar-refractivity contribution in [1.82, 2.24) is 9.97 Å². The fraction of sp³-hybridized carbons (Fsp3) is 0.0400. The Hall–Kier alpha value is -3.88. The number of nitrogens with zero attached hydrogens (tertiary/aromatic N) is 2. The van der Waals surface area contributed by atoms with E-state index < -0.39 is 0 Å². The van der Waals surface area contributed by atoms with E-state index in [4.69, 9.17) is 0 Å². The van der Waals surface area contributed by atoms with Gasteiger partial charge < -0.3 is 10.3 Å². The number of hydrogen-bond acceptors (Lipinski definition) is 4. The summed E-state index contributed by atoms with van der Waals surface area (Å²) in [5.41, 5.74) is 7.63. The molecule has 0 aliphatic rings. The molecular weight excluding hydrogens is 388 g/mol. The maximum absolute atomic E-state index is 9.71. The predicted molar refractivity (Wildman–Crippen MR) is 124 cm³/mol. The third-order valence-corrected chi connectivity index (χ3v) is 6.17. The van der Waals surface area contributed by atoms with Crippen molar-refractivity contribution >= 4 is 33.6 Å². The minimum Gasteiger partial charge on any atom is -0.361 e. The molecule has 0 saturated carbocycles. The summed E-state index contributed by atoms with van der Waals surface area (Å²) < 4.78 is 0. The topological polar surface area (TPSA) is 64.5 Å². The van der Waals surface area contributed by atoms with Gasteiger partial charge >= 0.3 is 0 Å². The quantitative estimate of drug-likeness (QED) is 0.342. The molecule has 0 saturated heterocycles. The van der Waals surface area contributed by atoms with Gasteiger partial charge in [-0.3, -0.25) is 4.98 Å². The van der Waals surface area contributed by atoms with Gasteiger partial charge in [-0.15, -0.1) is 11.3 Å². The SMILES string of the molecule is Cc1csc(-c2cccc(-c3cncc(C#N)c3Nc3ccc4[nH]ccc4c3)c2)c1. The molecule has 144 valence electrons. The van der Waals surface area contributed by atoms with Crippen molar-refractivity contribution in [2.45, 2.75) is 6.92 Å². The van der Waals surface area contributed by atoms with Crippen molar-refractivity contribution in [3.05, 3.63) is 89.7 Å². The maximum atomic E-state index is 9.71. The number of pyridine rings is 1. The molecule has 2 N–H and O–H groups in total. The van der Waals surface area contributed by atoms with Gasteiger partial charge in [0.15, 0.2) is 0 Å². The van der Waals surface area contributed by atoms with Gasteiger partial charge in [-0.25, -0.2) is 0 Å². The number of nitrogens with one attached hydrogen (secondary N) is 2. The molecular formula is C25H18N4S. The fourth-order valence-electron chi connectivity index (χ4n) is 3.60. The van der Waals surface area contributed by atoms with Crippen molar-refractivity contribution in [3.63, 3.8) is 0 Å². The van der Waals surface area contributed by atoms with Gasteiger partial charge in [-0.2, -0.15) is 5.26 Å². The summed E-state index contributed by atoms with van der Waals surface area (Å²) >= 11 is 1.74. The highest BCUT2D eigenvalue weighted by Gasteiger charge is 2.13. The largest absolute Gasteiger partial charge is 0.361 e. The van der Waals surface area contributed by atoms with Crippen LogP contribution in [0.15, 0.2) is 78.6 Å². The number of fused-ring (bicyclic) bond motifs is 1. The molecule has 0 aliphatic heterocycles. The summed E-state index contributed by atoms with van der Waals surface area (Å²) in [5.74, 6) is 0. The predicted octanol–water partition coefficient (Wildman–Crippen LogP) is 6.88. The number of aromatic amines is 1. The van der Waals surface area contributed by atoms with E-state index in [1.54, 1.807) is 17.5 Å². The lowest BCUT2D eigenvalue weighted by Gasteiger charge is -2.14. The van der Waals surface area contributed by atoms with Crippen molar-refractivity contribution < 1.29 is 0 Å². The van der Waals surface area contributed by atoms with Crippen LogP contribution in [0.5, 0.6) is 0 Å². The van der Waals surface area contributed by atoms with Gasteiger partial charge in [0.05, 0.1) is 11.3 Å². The van der Waals surface area contributed by atoms with Crippen LogP contribution in [0.3, 0.4) is 0 Å². The zero-order valence-corrected chi connectivity index (χ0v) is 17.1. The number of benzene rings is 2. The Morgan fingerprint density at radius 2 is 1.93 bits per heavy atom. The van der Waals surface area contributed by atoms with Gasteiger partial charge in [-0.05, 0) is 65.4 Å². The molecule has 5 aromatic rings. The summed E-state index contributed by atoms with van der Waals surface area (Å²) in [4.78, 5) is 8.75. The first-order valence-corrected chi connectivity index (χ1v) is 10.5. The second kappa shape index (κ2) is 7.51. The summed E-state index contributed by atoms with van der Waals surface area (Å²) in [7, 11) is 0. The number of H-pyrrole nitrogens is 1.